The van der Waals surface area contributed by atoms with Crippen molar-refractivity contribution in [3.05, 3.63) is 48.7 Å². The normalized spacial score (nSPS) is 14.3. The fourth-order valence-electron chi connectivity index (χ4n) is 2.64. The van der Waals surface area contributed by atoms with Gasteiger partial charge in [-0.2, -0.15) is 0 Å². The summed E-state index contributed by atoms with van der Waals surface area (Å²) in [6.45, 7) is 3.50. The molecular weight excluding hydrogens is 304 g/mol. The molecule has 1 aliphatic rings. The molecule has 1 amide bonds. The molecule has 0 aliphatic carbocycles. The zero-order valence-corrected chi connectivity index (χ0v) is 13.8. The topological polar surface area (TPSA) is 57.7 Å². The monoisotopic (exact) mass is 326 g/mol. The SMILES string of the molecule is CN(CC(=O)Nc1ccc(N2CCOCC2)cn1)c1ccccc1. The van der Waals surface area contributed by atoms with Crippen LogP contribution >= 0.6 is 0 Å². The van der Waals surface area contributed by atoms with Crippen LogP contribution in [0.15, 0.2) is 48.7 Å². The van der Waals surface area contributed by atoms with Gasteiger partial charge in [0.25, 0.3) is 0 Å². The number of para-hydroxylation sites is 1. The van der Waals surface area contributed by atoms with Gasteiger partial charge < -0.3 is 19.9 Å². The van der Waals surface area contributed by atoms with Gasteiger partial charge in [-0.1, -0.05) is 18.2 Å². The second-order valence-electron chi connectivity index (χ2n) is 5.74. The Labute approximate surface area is 142 Å². The lowest BCUT2D eigenvalue weighted by atomic mass is 10.3. The molecule has 3 rings (SSSR count). The van der Waals surface area contributed by atoms with Gasteiger partial charge in [-0.3, -0.25) is 4.79 Å². The third kappa shape index (κ3) is 4.23. The number of nitrogens with one attached hydrogen (secondary N) is 1. The van der Waals surface area contributed by atoms with E-state index in [1.165, 1.54) is 0 Å². The number of amides is 1. The summed E-state index contributed by atoms with van der Waals surface area (Å²) >= 11 is 0. The third-order valence-electron chi connectivity index (χ3n) is 3.97. The Morgan fingerprint density at radius 1 is 1.21 bits per heavy atom. The van der Waals surface area contributed by atoms with Crippen LogP contribution in [0.1, 0.15) is 0 Å². The van der Waals surface area contributed by atoms with Gasteiger partial charge in [0.15, 0.2) is 0 Å². The number of likely N-dealkylation sites (N-methyl/N-ethyl adjacent to an activating group) is 1. The summed E-state index contributed by atoms with van der Waals surface area (Å²) in [6, 6.07) is 13.6. The Morgan fingerprint density at radius 2 is 1.96 bits per heavy atom. The van der Waals surface area contributed by atoms with Crippen molar-refractivity contribution in [1.82, 2.24) is 4.98 Å². The lowest BCUT2D eigenvalue weighted by Gasteiger charge is -2.28. The van der Waals surface area contributed by atoms with Crippen LogP contribution in [0.25, 0.3) is 0 Å². The van der Waals surface area contributed by atoms with Crippen molar-refractivity contribution in [3.63, 3.8) is 0 Å². The molecule has 1 aliphatic heterocycles. The summed E-state index contributed by atoms with van der Waals surface area (Å²) in [7, 11) is 1.89. The number of ether oxygens (including phenoxy) is 1. The number of rotatable bonds is 5. The van der Waals surface area contributed by atoms with E-state index in [1.807, 2.05) is 54.4 Å². The minimum atomic E-state index is -0.0898. The number of pyridine rings is 1. The summed E-state index contributed by atoms with van der Waals surface area (Å²) in [5.41, 5.74) is 2.06. The predicted molar refractivity (Wildman–Crippen MR) is 95.6 cm³/mol. The average Bonchev–Trinajstić information content (AvgIpc) is 2.64. The van der Waals surface area contributed by atoms with Gasteiger partial charge in [0.2, 0.25) is 5.91 Å². The van der Waals surface area contributed by atoms with E-state index in [1.54, 1.807) is 6.20 Å². The van der Waals surface area contributed by atoms with Gasteiger partial charge in [0, 0.05) is 25.8 Å². The minimum Gasteiger partial charge on any atom is -0.378 e. The van der Waals surface area contributed by atoms with Gasteiger partial charge in [0.05, 0.1) is 31.6 Å². The van der Waals surface area contributed by atoms with Crippen molar-refractivity contribution in [1.29, 1.82) is 0 Å². The maximum atomic E-state index is 12.2. The maximum Gasteiger partial charge on any atom is 0.245 e. The summed E-state index contributed by atoms with van der Waals surface area (Å²) < 4.78 is 5.35. The number of hydrogen-bond donors (Lipinski definition) is 1. The molecule has 2 heterocycles. The number of carbonyl (C=O) groups is 1. The Bertz CT molecular complexity index is 654. The first-order valence-electron chi connectivity index (χ1n) is 8.07. The Morgan fingerprint density at radius 3 is 2.62 bits per heavy atom. The van der Waals surface area contributed by atoms with Crippen LogP contribution < -0.4 is 15.1 Å². The zero-order valence-electron chi connectivity index (χ0n) is 13.8. The molecule has 0 unspecified atom stereocenters. The average molecular weight is 326 g/mol. The van der Waals surface area contributed by atoms with E-state index in [9.17, 15) is 4.79 Å². The second kappa shape index (κ2) is 7.79. The molecule has 1 N–H and O–H groups in total. The lowest BCUT2D eigenvalue weighted by Crippen LogP contribution is -2.36. The molecule has 1 saturated heterocycles. The number of anilines is 3. The van der Waals surface area contributed by atoms with E-state index < -0.39 is 0 Å². The number of nitrogens with zero attached hydrogens (tertiary/aromatic N) is 3. The summed E-state index contributed by atoms with van der Waals surface area (Å²) in [4.78, 5) is 20.6. The Hall–Kier alpha value is -2.60. The highest BCUT2D eigenvalue weighted by molar-refractivity contribution is 5.93. The van der Waals surface area contributed by atoms with Gasteiger partial charge in [-0.15, -0.1) is 0 Å². The van der Waals surface area contributed by atoms with Crippen molar-refractivity contribution in [2.45, 2.75) is 0 Å². The molecule has 6 heteroatoms. The van der Waals surface area contributed by atoms with Crippen LogP contribution in [0, 0.1) is 0 Å². The first kappa shape index (κ1) is 16.3. The highest BCUT2D eigenvalue weighted by Gasteiger charge is 2.12. The number of morpholine rings is 1. The van der Waals surface area contributed by atoms with Gasteiger partial charge in [0.1, 0.15) is 5.82 Å². The summed E-state index contributed by atoms with van der Waals surface area (Å²) in [6.07, 6.45) is 1.79. The lowest BCUT2D eigenvalue weighted by molar-refractivity contribution is -0.114. The molecule has 1 aromatic carbocycles. The van der Waals surface area contributed by atoms with E-state index in [0.717, 1.165) is 37.7 Å². The molecule has 1 aromatic heterocycles. The van der Waals surface area contributed by atoms with E-state index in [0.29, 0.717) is 5.82 Å². The highest BCUT2D eigenvalue weighted by Crippen LogP contribution is 2.16. The molecule has 0 radical (unpaired) electrons. The number of hydrogen-bond acceptors (Lipinski definition) is 5. The fraction of sp³-hybridized carbons (Fsp3) is 0.333. The third-order valence-corrected chi connectivity index (χ3v) is 3.97. The molecule has 1 fully saturated rings. The van der Waals surface area contributed by atoms with Crippen LogP contribution in [0.4, 0.5) is 17.2 Å². The molecule has 2 aromatic rings. The summed E-state index contributed by atoms with van der Waals surface area (Å²) in [5, 5.41) is 2.84. The van der Waals surface area contributed by atoms with Crippen LogP contribution in [0.5, 0.6) is 0 Å². The molecule has 0 atom stereocenters. The molecular formula is C18H22N4O2. The fourth-order valence-corrected chi connectivity index (χ4v) is 2.64. The minimum absolute atomic E-state index is 0.0898. The quantitative estimate of drug-likeness (QED) is 0.911. The van der Waals surface area contributed by atoms with Gasteiger partial charge >= 0.3 is 0 Å². The van der Waals surface area contributed by atoms with Crippen molar-refractivity contribution in [3.8, 4) is 0 Å². The molecule has 0 bridgehead atoms. The van der Waals surface area contributed by atoms with Crippen LogP contribution in [0.2, 0.25) is 0 Å². The number of benzene rings is 1. The summed E-state index contributed by atoms with van der Waals surface area (Å²) in [5.74, 6) is 0.478. The van der Waals surface area contributed by atoms with Crippen molar-refractivity contribution in [2.24, 2.45) is 0 Å². The highest BCUT2D eigenvalue weighted by atomic mass is 16.5. The van der Waals surface area contributed by atoms with Crippen LogP contribution in [0.3, 0.4) is 0 Å². The molecule has 24 heavy (non-hydrogen) atoms. The molecule has 126 valence electrons. The van der Waals surface area contributed by atoms with E-state index in [2.05, 4.69) is 15.2 Å². The van der Waals surface area contributed by atoms with Crippen LogP contribution in [-0.2, 0) is 9.53 Å². The molecule has 6 nitrogen and oxygen atoms in total. The first-order chi connectivity index (χ1) is 11.7. The van der Waals surface area contributed by atoms with E-state index >= 15 is 0 Å². The largest absolute Gasteiger partial charge is 0.378 e. The van der Waals surface area contributed by atoms with Gasteiger partial charge in [-0.05, 0) is 24.3 Å². The van der Waals surface area contributed by atoms with E-state index in [-0.39, 0.29) is 12.5 Å². The van der Waals surface area contributed by atoms with Crippen molar-refractivity contribution >= 4 is 23.1 Å². The predicted octanol–water partition coefficient (Wildman–Crippen LogP) is 1.99. The van der Waals surface area contributed by atoms with Gasteiger partial charge in [-0.25, -0.2) is 4.98 Å². The second-order valence-corrected chi connectivity index (χ2v) is 5.74. The molecule has 0 saturated carbocycles. The number of carbonyl (C=O) groups excluding carboxylic acids is 1. The zero-order chi connectivity index (χ0) is 16.8. The van der Waals surface area contributed by atoms with Crippen molar-refractivity contribution < 1.29 is 9.53 Å². The number of aromatic nitrogens is 1. The standard InChI is InChI=1S/C18H22N4O2/c1-21(15-5-3-2-4-6-15)14-18(23)20-17-8-7-16(13-19-17)22-9-11-24-12-10-22/h2-8,13H,9-12,14H2,1H3,(H,19,20,23). The first-order valence-corrected chi connectivity index (χ1v) is 8.07. The molecule has 0 spiro atoms. The van der Waals surface area contributed by atoms with Crippen molar-refractivity contribution in [2.75, 3.05) is 55.0 Å². The Kier molecular flexibility index (Phi) is 5.28. The Balaban J connectivity index is 1.54. The van der Waals surface area contributed by atoms with Crippen LogP contribution in [-0.4, -0.2) is 50.8 Å². The smallest absolute Gasteiger partial charge is 0.245 e. The van der Waals surface area contributed by atoms with E-state index in [4.69, 9.17) is 4.74 Å². The maximum absolute atomic E-state index is 12.2.